The first kappa shape index (κ1) is 27.1. The van der Waals surface area contributed by atoms with E-state index in [1.807, 2.05) is 36.7 Å². The summed E-state index contributed by atoms with van der Waals surface area (Å²) >= 11 is 0. The third kappa shape index (κ3) is 5.65. The fraction of sp³-hybridized carbons (Fsp3) is 0.464. The number of aryl methyl sites for hydroxylation is 1. The minimum absolute atomic E-state index is 0.00475. The summed E-state index contributed by atoms with van der Waals surface area (Å²) in [5.74, 6) is 1.24. The van der Waals surface area contributed by atoms with Crippen LogP contribution >= 0.6 is 0 Å². The first-order valence-corrected chi connectivity index (χ1v) is 13.5. The second-order valence-corrected chi connectivity index (χ2v) is 10.2. The van der Waals surface area contributed by atoms with Crippen LogP contribution in [0.3, 0.4) is 0 Å². The van der Waals surface area contributed by atoms with Crippen LogP contribution in [0.2, 0.25) is 0 Å². The molecule has 1 fully saturated rings. The van der Waals surface area contributed by atoms with Crippen molar-refractivity contribution in [1.29, 1.82) is 0 Å². The Bertz CT molecular complexity index is 1480. The normalized spacial score (nSPS) is 15.1. The third-order valence-electron chi connectivity index (χ3n) is 7.57. The molecule has 1 aromatic carbocycles. The number of hydrogen-bond donors (Lipinski definition) is 2. The number of rotatable bonds is 11. The molecule has 1 aliphatic rings. The number of nitrogens with zero attached hydrogens (tertiary/aromatic N) is 5. The van der Waals surface area contributed by atoms with Crippen molar-refractivity contribution in [3.05, 3.63) is 82.1 Å². The molecule has 0 saturated heterocycles. The van der Waals surface area contributed by atoms with Crippen molar-refractivity contribution >= 4 is 5.52 Å². The number of pyridine rings is 1. The van der Waals surface area contributed by atoms with Crippen molar-refractivity contribution in [2.24, 2.45) is 13.0 Å². The molecule has 208 valence electrons. The Morgan fingerprint density at radius 1 is 1.13 bits per heavy atom. The molecule has 0 amide bonds. The molecule has 39 heavy (non-hydrogen) atoms. The lowest BCUT2D eigenvalue weighted by atomic mass is 9.72. The maximum absolute atomic E-state index is 14.1. The van der Waals surface area contributed by atoms with Crippen LogP contribution in [0.4, 0.5) is 13.2 Å². The Morgan fingerprint density at radius 2 is 1.92 bits per heavy atom. The quantitative estimate of drug-likeness (QED) is 0.278. The Hall–Kier alpha value is -3.44. The summed E-state index contributed by atoms with van der Waals surface area (Å²) in [4.78, 5) is 13.5. The Morgan fingerprint density at radius 3 is 2.59 bits per heavy atom. The Kier molecular flexibility index (Phi) is 7.90. The molecule has 1 aliphatic carbocycles. The monoisotopic (exact) mass is 541 g/mol. The lowest BCUT2D eigenvalue weighted by Crippen LogP contribution is -2.24. The number of halogens is 3. The molecule has 1 atom stereocenters. The van der Waals surface area contributed by atoms with E-state index in [9.17, 15) is 18.0 Å². The van der Waals surface area contributed by atoms with Gasteiger partial charge in [0, 0.05) is 31.9 Å². The van der Waals surface area contributed by atoms with Gasteiger partial charge in [-0.1, -0.05) is 25.5 Å². The van der Waals surface area contributed by atoms with E-state index in [0.717, 1.165) is 60.6 Å². The number of nitrogens with one attached hydrogen (secondary N) is 2. The average molecular weight is 542 g/mol. The van der Waals surface area contributed by atoms with Crippen LogP contribution in [0.1, 0.15) is 61.0 Å². The maximum Gasteiger partial charge on any atom is 0.418 e. The highest BCUT2D eigenvalue weighted by molar-refractivity contribution is 5.58. The largest absolute Gasteiger partial charge is 0.418 e. The summed E-state index contributed by atoms with van der Waals surface area (Å²) in [6.45, 7) is 4.61. The van der Waals surface area contributed by atoms with Crippen molar-refractivity contribution in [2.75, 3.05) is 19.6 Å². The molecule has 11 heteroatoms. The van der Waals surface area contributed by atoms with E-state index in [1.54, 1.807) is 12.4 Å². The molecular formula is C28H34F3N7O. The Labute approximate surface area is 224 Å². The SMILES string of the molecule is CCNCCCNCc1cc(C(F)(F)F)c2cn(-c3cccc([C@H](c4nncn4C)C4CCC4)c3)c(=O)n2c1. The molecule has 0 radical (unpaired) electrons. The molecule has 0 aliphatic heterocycles. The van der Waals surface area contributed by atoms with E-state index < -0.39 is 17.4 Å². The van der Waals surface area contributed by atoms with Crippen LogP contribution in [-0.2, 0) is 19.8 Å². The topological polar surface area (TPSA) is 81.2 Å². The zero-order valence-corrected chi connectivity index (χ0v) is 22.2. The van der Waals surface area contributed by atoms with Gasteiger partial charge in [-0.15, -0.1) is 10.2 Å². The zero-order chi connectivity index (χ0) is 27.6. The van der Waals surface area contributed by atoms with Crippen molar-refractivity contribution in [3.8, 4) is 5.69 Å². The van der Waals surface area contributed by atoms with Crippen LogP contribution in [0.15, 0.2) is 53.8 Å². The molecular weight excluding hydrogens is 507 g/mol. The predicted molar refractivity (Wildman–Crippen MR) is 143 cm³/mol. The maximum atomic E-state index is 14.1. The highest BCUT2D eigenvalue weighted by atomic mass is 19.4. The first-order chi connectivity index (χ1) is 18.8. The van der Waals surface area contributed by atoms with Crippen molar-refractivity contribution in [2.45, 2.75) is 51.2 Å². The minimum Gasteiger partial charge on any atom is -0.320 e. The molecule has 3 heterocycles. The van der Waals surface area contributed by atoms with Crippen molar-refractivity contribution in [1.82, 2.24) is 34.4 Å². The lowest BCUT2D eigenvalue weighted by molar-refractivity contribution is -0.136. The van der Waals surface area contributed by atoms with Gasteiger partial charge in [0.1, 0.15) is 12.2 Å². The molecule has 8 nitrogen and oxygen atoms in total. The molecule has 0 unspecified atom stereocenters. The van der Waals surface area contributed by atoms with E-state index in [0.29, 0.717) is 23.7 Å². The van der Waals surface area contributed by atoms with Gasteiger partial charge in [-0.2, -0.15) is 13.2 Å². The van der Waals surface area contributed by atoms with Crippen LogP contribution < -0.4 is 16.3 Å². The van der Waals surface area contributed by atoms with Crippen LogP contribution in [0.5, 0.6) is 0 Å². The molecule has 5 rings (SSSR count). The number of aromatic nitrogens is 5. The second-order valence-electron chi connectivity index (χ2n) is 10.2. The van der Waals surface area contributed by atoms with E-state index in [1.165, 1.54) is 17.0 Å². The van der Waals surface area contributed by atoms with Crippen LogP contribution in [0, 0.1) is 5.92 Å². The first-order valence-electron chi connectivity index (χ1n) is 13.5. The van der Waals surface area contributed by atoms with Gasteiger partial charge >= 0.3 is 11.9 Å². The molecule has 2 N–H and O–H groups in total. The summed E-state index contributed by atoms with van der Waals surface area (Å²) in [5, 5.41) is 14.8. The van der Waals surface area contributed by atoms with Gasteiger partial charge in [0.25, 0.3) is 0 Å². The van der Waals surface area contributed by atoms with Gasteiger partial charge in [0.2, 0.25) is 0 Å². The third-order valence-corrected chi connectivity index (χ3v) is 7.57. The van der Waals surface area contributed by atoms with Gasteiger partial charge in [-0.3, -0.25) is 8.97 Å². The van der Waals surface area contributed by atoms with Gasteiger partial charge < -0.3 is 15.2 Å². The highest BCUT2D eigenvalue weighted by Gasteiger charge is 2.35. The smallest absolute Gasteiger partial charge is 0.320 e. The van der Waals surface area contributed by atoms with Gasteiger partial charge in [0.05, 0.1) is 16.8 Å². The Balaban J connectivity index is 1.51. The van der Waals surface area contributed by atoms with Crippen molar-refractivity contribution < 1.29 is 13.2 Å². The van der Waals surface area contributed by atoms with E-state index in [2.05, 4.69) is 20.8 Å². The summed E-state index contributed by atoms with van der Waals surface area (Å²) in [7, 11) is 1.91. The standard InChI is InChI=1S/C28H34F3N7O/c1-3-32-11-6-12-33-15-19-13-23(28(29,30)31)24-17-37(27(39)38(24)16-19)22-10-5-9-21(14-22)25(20-7-4-8-20)26-35-34-18-36(26)2/h5,9-10,13-14,16-18,20,25,32-33H,3-4,6-8,11-12,15H2,1-2H3/t25-/m1/s1. The predicted octanol–water partition coefficient (Wildman–Crippen LogP) is 4.26. The van der Waals surface area contributed by atoms with Gasteiger partial charge in [-0.25, -0.2) is 4.79 Å². The van der Waals surface area contributed by atoms with Crippen LogP contribution in [0.25, 0.3) is 11.2 Å². The summed E-state index contributed by atoms with van der Waals surface area (Å²) in [6.07, 6.45) is 3.99. The minimum atomic E-state index is -4.60. The zero-order valence-electron chi connectivity index (χ0n) is 22.2. The second kappa shape index (κ2) is 11.4. The highest BCUT2D eigenvalue weighted by Crippen LogP contribution is 2.43. The van der Waals surface area contributed by atoms with E-state index >= 15 is 0 Å². The fourth-order valence-corrected chi connectivity index (χ4v) is 5.35. The summed E-state index contributed by atoms with van der Waals surface area (Å²) < 4.78 is 46.6. The van der Waals surface area contributed by atoms with Crippen molar-refractivity contribution in [3.63, 3.8) is 0 Å². The van der Waals surface area contributed by atoms with Crippen LogP contribution in [-0.4, -0.2) is 43.4 Å². The number of alkyl halides is 3. The number of benzene rings is 1. The summed E-state index contributed by atoms with van der Waals surface area (Å²) in [6, 6.07) is 8.60. The summed E-state index contributed by atoms with van der Waals surface area (Å²) in [5.41, 5.74) is 0.350. The van der Waals surface area contributed by atoms with E-state index in [-0.39, 0.29) is 18.0 Å². The van der Waals surface area contributed by atoms with E-state index in [4.69, 9.17) is 0 Å². The van der Waals surface area contributed by atoms with Gasteiger partial charge in [-0.05, 0) is 74.1 Å². The molecule has 3 aromatic heterocycles. The number of hydrogen-bond acceptors (Lipinski definition) is 5. The number of fused-ring (bicyclic) bond motifs is 1. The molecule has 4 aromatic rings. The van der Waals surface area contributed by atoms with Gasteiger partial charge in [0.15, 0.2) is 0 Å². The fourth-order valence-electron chi connectivity index (χ4n) is 5.35. The molecule has 0 spiro atoms. The number of imidazole rings is 1. The molecule has 0 bridgehead atoms. The average Bonchev–Trinajstić information content (AvgIpc) is 3.45. The molecule has 1 saturated carbocycles. The lowest BCUT2D eigenvalue weighted by Gasteiger charge is -2.33.